The number of morpholine rings is 1. The number of halogens is 3. The second-order valence-corrected chi connectivity index (χ2v) is 9.46. The van der Waals surface area contributed by atoms with Crippen molar-refractivity contribution in [2.24, 2.45) is 7.05 Å². The minimum atomic E-state index is -4.57. The van der Waals surface area contributed by atoms with Gasteiger partial charge in [0, 0.05) is 55.2 Å². The van der Waals surface area contributed by atoms with Crippen LogP contribution in [-0.4, -0.2) is 47.0 Å². The zero-order valence-corrected chi connectivity index (χ0v) is 22.0. The lowest BCUT2D eigenvalue weighted by atomic mass is 10.0. The maximum atomic E-state index is 13.8. The molecule has 0 atom stereocenters. The summed E-state index contributed by atoms with van der Waals surface area (Å²) in [6.45, 7) is 7.22. The van der Waals surface area contributed by atoms with Gasteiger partial charge in [0.1, 0.15) is 0 Å². The molecule has 2 aromatic heterocycles. The van der Waals surface area contributed by atoms with Gasteiger partial charge < -0.3 is 20.4 Å². The van der Waals surface area contributed by atoms with Crippen LogP contribution in [0, 0.1) is 20.8 Å². The first-order valence-corrected chi connectivity index (χ1v) is 12.4. The zero-order chi connectivity index (χ0) is 27.9. The van der Waals surface area contributed by atoms with E-state index in [0.29, 0.717) is 48.9 Å². The second kappa shape index (κ2) is 10.2. The number of amides is 1. The summed E-state index contributed by atoms with van der Waals surface area (Å²) in [5.74, 6) is -0.571. The Balaban J connectivity index is 1.43. The first-order chi connectivity index (χ1) is 18.5. The third-order valence-corrected chi connectivity index (χ3v) is 6.98. The number of rotatable bonds is 5. The quantitative estimate of drug-likeness (QED) is 0.449. The number of pyridine rings is 1. The van der Waals surface area contributed by atoms with Gasteiger partial charge in [0.2, 0.25) is 0 Å². The zero-order valence-electron chi connectivity index (χ0n) is 22.0. The molecule has 206 valence electrons. The molecule has 0 saturated carbocycles. The number of ether oxygens (including phenoxy) is 1. The third-order valence-electron chi connectivity index (χ3n) is 6.98. The Hall–Kier alpha value is -4.10. The minimum Gasteiger partial charge on any atom is -0.378 e. The van der Waals surface area contributed by atoms with Gasteiger partial charge in [-0.15, -0.1) is 5.53 Å². The van der Waals surface area contributed by atoms with E-state index in [1.54, 1.807) is 35.8 Å². The molecule has 0 aliphatic carbocycles. The van der Waals surface area contributed by atoms with Crippen LogP contribution in [0.2, 0.25) is 0 Å². The lowest BCUT2D eigenvalue weighted by Gasteiger charge is -2.31. The van der Waals surface area contributed by atoms with Crippen LogP contribution in [0.25, 0.3) is 5.70 Å². The topological polar surface area (TPSA) is 99.6 Å². The number of aryl methyl sites for hydroxylation is 2. The number of nitrogens with one attached hydrogen (secondary N) is 3. The normalized spacial score (nSPS) is 15.8. The average molecular weight is 543 g/mol. The van der Waals surface area contributed by atoms with Crippen LogP contribution in [0.4, 0.5) is 30.2 Å². The Morgan fingerprint density at radius 3 is 2.49 bits per heavy atom. The van der Waals surface area contributed by atoms with Gasteiger partial charge in [0.05, 0.1) is 47.6 Å². The molecule has 0 unspecified atom stereocenters. The van der Waals surface area contributed by atoms with Gasteiger partial charge in [-0.25, -0.2) is 0 Å². The predicted molar refractivity (Wildman–Crippen MR) is 141 cm³/mol. The molecule has 39 heavy (non-hydrogen) atoms. The van der Waals surface area contributed by atoms with E-state index in [0.717, 1.165) is 29.1 Å². The van der Waals surface area contributed by atoms with Crippen LogP contribution in [0.15, 0.2) is 36.8 Å². The molecule has 1 amide bonds. The smallest absolute Gasteiger partial charge is 0.378 e. The SMILES string of the molecule is Cc1ncc(C(=O)Nc2cc(C(F)(F)F)cc(N3CCOCC3)c2C)cc1N1C=C(c2cnn(C)c2C)NN1. The molecular formula is C26H29F3N8O2. The third kappa shape index (κ3) is 5.27. The van der Waals surface area contributed by atoms with E-state index in [4.69, 9.17) is 4.74 Å². The van der Waals surface area contributed by atoms with Crippen molar-refractivity contribution in [2.75, 3.05) is 41.5 Å². The Labute approximate surface area is 223 Å². The molecule has 2 aliphatic heterocycles. The van der Waals surface area contributed by atoms with Crippen molar-refractivity contribution < 1.29 is 22.7 Å². The van der Waals surface area contributed by atoms with Crippen LogP contribution >= 0.6 is 0 Å². The summed E-state index contributed by atoms with van der Waals surface area (Å²) in [4.78, 5) is 19.5. The lowest BCUT2D eigenvalue weighted by molar-refractivity contribution is -0.137. The summed E-state index contributed by atoms with van der Waals surface area (Å²) in [6.07, 6.45) is 0.398. The molecule has 3 aromatic rings. The molecule has 3 N–H and O–H groups in total. The highest BCUT2D eigenvalue weighted by atomic mass is 19.4. The molecule has 4 heterocycles. The van der Waals surface area contributed by atoms with E-state index in [1.807, 2.05) is 25.1 Å². The van der Waals surface area contributed by atoms with E-state index in [1.165, 1.54) is 6.20 Å². The predicted octanol–water partition coefficient (Wildman–Crippen LogP) is 3.68. The maximum absolute atomic E-state index is 13.8. The van der Waals surface area contributed by atoms with Crippen LogP contribution in [-0.2, 0) is 18.0 Å². The molecule has 1 fully saturated rings. The lowest BCUT2D eigenvalue weighted by Crippen LogP contribution is -2.37. The van der Waals surface area contributed by atoms with Crippen molar-refractivity contribution >= 4 is 28.7 Å². The summed E-state index contributed by atoms with van der Waals surface area (Å²) in [6, 6.07) is 3.73. The fraction of sp³-hybridized carbons (Fsp3) is 0.346. The largest absolute Gasteiger partial charge is 0.416 e. The van der Waals surface area contributed by atoms with Crippen molar-refractivity contribution in [1.82, 2.24) is 25.7 Å². The number of hydrazine groups is 2. The molecule has 1 aromatic carbocycles. The van der Waals surface area contributed by atoms with E-state index in [9.17, 15) is 18.0 Å². The molecule has 2 aliphatic rings. The summed E-state index contributed by atoms with van der Waals surface area (Å²) < 4.78 is 48.4. The molecular weight excluding hydrogens is 513 g/mol. The van der Waals surface area contributed by atoms with E-state index in [2.05, 4.69) is 26.4 Å². The fourth-order valence-electron chi connectivity index (χ4n) is 4.55. The van der Waals surface area contributed by atoms with E-state index >= 15 is 0 Å². The Morgan fingerprint density at radius 2 is 1.82 bits per heavy atom. The van der Waals surface area contributed by atoms with Crippen molar-refractivity contribution in [3.63, 3.8) is 0 Å². The molecule has 0 bridgehead atoms. The van der Waals surface area contributed by atoms with Crippen LogP contribution in [0.5, 0.6) is 0 Å². The van der Waals surface area contributed by atoms with Gasteiger partial charge >= 0.3 is 6.18 Å². The standard InChI is InChI=1S/C26H29F3N8O2/c1-15-21(10-19(26(27,28)29)11-23(15)36-5-7-39-8-6-36)32-25(38)18-9-24(16(2)30-12-18)37-14-22(33-34-37)20-13-31-35(4)17(20)3/h9-14,33-34H,5-8H2,1-4H3,(H,32,38). The molecule has 0 spiro atoms. The average Bonchev–Trinajstić information content (AvgIpc) is 3.52. The van der Waals surface area contributed by atoms with Crippen molar-refractivity contribution in [3.05, 3.63) is 70.4 Å². The number of anilines is 3. The van der Waals surface area contributed by atoms with Gasteiger partial charge in [-0.05, 0) is 44.5 Å². The second-order valence-electron chi connectivity index (χ2n) is 9.46. The number of benzene rings is 1. The van der Waals surface area contributed by atoms with Crippen molar-refractivity contribution in [3.8, 4) is 0 Å². The van der Waals surface area contributed by atoms with Crippen LogP contribution in [0.1, 0.15) is 38.4 Å². The van der Waals surface area contributed by atoms with E-state index in [-0.39, 0.29) is 11.3 Å². The highest BCUT2D eigenvalue weighted by Gasteiger charge is 2.33. The van der Waals surface area contributed by atoms with Crippen LogP contribution in [0.3, 0.4) is 0 Å². The first-order valence-electron chi connectivity index (χ1n) is 12.4. The number of hydrogen-bond donors (Lipinski definition) is 3. The number of carbonyl (C=O) groups excluding carboxylic acids is 1. The Kier molecular flexibility index (Phi) is 6.95. The fourth-order valence-corrected chi connectivity index (χ4v) is 4.55. The number of hydrogen-bond acceptors (Lipinski definition) is 8. The molecule has 1 saturated heterocycles. The number of carbonyl (C=O) groups is 1. The van der Waals surface area contributed by atoms with Gasteiger partial charge in [0.15, 0.2) is 0 Å². The maximum Gasteiger partial charge on any atom is 0.416 e. The molecule has 0 radical (unpaired) electrons. The summed E-state index contributed by atoms with van der Waals surface area (Å²) >= 11 is 0. The molecule has 5 rings (SSSR count). The van der Waals surface area contributed by atoms with Crippen molar-refractivity contribution in [1.29, 1.82) is 0 Å². The minimum absolute atomic E-state index is 0.0913. The highest BCUT2D eigenvalue weighted by molar-refractivity contribution is 6.05. The summed E-state index contributed by atoms with van der Waals surface area (Å²) in [7, 11) is 1.85. The number of aromatic nitrogens is 3. The summed E-state index contributed by atoms with van der Waals surface area (Å²) in [5, 5.41) is 8.63. The summed E-state index contributed by atoms with van der Waals surface area (Å²) in [5.41, 5.74) is 10.4. The number of alkyl halides is 3. The highest BCUT2D eigenvalue weighted by Crippen LogP contribution is 2.38. The van der Waals surface area contributed by atoms with Gasteiger partial charge in [-0.2, -0.15) is 18.3 Å². The van der Waals surface area contributed by atoms with Crippen LogP contribution < -0.4 is 26.2 Å². The number of nitrogens with zero attached hydrogens (tertiary/aromatic N) is 5. The Bertz CT molecular complexity index is 1440. The van der Waals surface area contributed by atoms with Gasteiger partial charge in [-0.3, -0.25) is 19.5 Å². The first kappa shape index (κ1) is 26.5. The van der Waals surface area contributed by atoms with E-state index < -0.39 is 17.6 Å². The van der Waals surface area contributed by atoms with Crippen molar-refractivity contribution in [2.45, 2.75) is 26.9 Å². The Morgan fingerprint density at radius 1 is 1.08 bits per heavy atom. The van der Waals surface area contributed by atoms with Gasteiger partial charge in [0.25, 0.3) is 5.91 Å². The van der Waals surface area contributed by atoms with Gasteiger partial charge in [-0.1, -0.05) is 0 Å². The molecule has 10 nitrogen and oxygen atoms in total. The monoisotopic (exact) mass is 542 g/mol. The molecule has 13 heteroatoms.